The van der Waals surface area contributed by atoms with E-state index in [1.165, 1.54) is 19.2 Å². The number of esters is 1. The molecule has 0 saturated carbocycles. The third kappa shape index (κ3) is 3.52. The second-order valence-electron chi connectivity index (χ2n) is 5.18. The van der Waals surface area contributed by atoms with Gasteiger partial charge in [-0.2, -0.15) is 0 Å². The first kappa shape index (κ1) is 17.5. The topological polar surface area (TPSA) is 52.6 Å². The molecule has 126 valence electrons. The average molecular weight is 420 g/mol. The molecule has 0 N–H and O–H groups in total. The minimum Gasteiger partial charge on any atom is -0.493 e. The Morgan fingerprint density at radius 3 is 2.48 bits per heavy atom. The van der Waals surface area contributed by atoms with Crippen LogP contribution in [0.4, 0.5) is 0 Å². The Kier molecular flexibility index (Phi) is 5.06. The highest BCUT2D eigenvalue weighted by molar-refractivity contribution is 9.10. The first-order chi connectivity index (χ1) is 12.0. The SMILES string of the molecule is COc1cc(C(=O)Cl)cc(Br)c1OC(=O)c1cccc2ccccc12. The predicted molar refractivity (Wildman–Crippen MR) is 99.8 cm³/mol. The highest BCUT2D eigenvalue weighted by atomic mass is 79.9. The predicted octanol–water partition coefficient (Wildman–Crippen LogP) is 5.21. The fraction of sp³-hybridized carbons (Fsp3) is 0.0526. The smallest absolute Gasteiger partial charge is 0.344 e. The van der Waals surface area contributed by atoms with Gasteiger partial charge < -0.3 is 9.47 Å². The monoisotopic (exact) mass is 418 g/mol. The number of carbonyl (C=O) groups excluding carboxylic acids is 2. The first-order valence-corrected chi connectivity index (χ1v) is 8.45. The third-order valence-corrected chi connectivity index (χ3v) is 4.47. The summed E-state index contributed by atoms with van der Waals surface area (Å²) in [7, 11) is 1.42. The van der Waals surface area contributed by atoms with Crippen molar-refractivity contribution in [1.29, 1.82) is 0 Å². The van der Waals surface area contributed by atoms with Crippen molar-refractivity contribution < 1.29 is 19.1 Å². The van der Waals surface area contributed by atoms with E-state index in [0.717, 1.165) is 10.8 Å². The van der Waals surface area contributed by atoms with Gasteiger partial charge in [-0.1, -0.05) is 36.4 Å². The fourth-order valence-corrected chi connectivity index (χ4v) is 3.12. The number of fused-ring (bicyclic) bond motifs is 1. The summed E-state index contributed by atoms with van der Waals surface area (Å²) in [5, 5.41) is 1.09. The fourth-order valence-electron chi connectivity index (χ4n) is 2.48. The molecule has 0 heterocycles. The molecule has 0 spiro atoms. The Morgan fingerprint density at radius 2 is 1.76 bits per heavy atom. The molecule has 3 rings (SSSR count). The number of carbonyl (C=O) groups is 2. The Balaban J connectivity index is 2.02. The number of methoxy groups -OCH3 is 1. The van der Waals surface area contributed by atoms with Crippen molar-refractivity contribution in [2.45, 2.75) is 0 Å². The summed E-state index contributed by atoms with van der Waals surface area (Å²) < 4.78 is 11.1. The normalized spacial score (nSPS) is 10.5. The van der Waals surface area contributed by atoms with Gasteiger partial charge in [-0.15, -0.1) is 0 Å². The van der Waals surface area contributed by atoms with E-state index in [0.29, 0.717) is 10.0 Å². The summed E-state index contributed by atoms with van der Waals surface area (Å²) in [6, 6.07) is 15.8. The molecule has 0 aliphatic rings. The van der Waals surface area contributed by atoms with Gasteiger partial charge in [0.05, 0.1) is 17.1 Å². The van der Waals surface area contributed by atoms with Crippen LogP contribution >= 0.6 is 27.5 Å². The first-order valence-electron chi connectivity index (χ1n) is 7.28. The van der Waals surface area contributed by atoms with Gasteiger partial charge in [-0.3, -0.25) is 4.79 Å². The van der Waals surface area contributed by atoms with Gasteiger partial charge in [0.2, 0.25) is 0 Å². The number of benzene rings is 3. The van der Waals surface area contributed by atoms with Crippen LogP contribution in [0.15, 0.2) is 59.1 Å². The van der Waals surface area contributed by atoms with Gasteiger partial charge in [-0.25, -0.2) is 4.79 Å². The highest BCUT2D eigenvalue weighted by Gasteiger charge is 2.19. The van der Waals surface area contributed by atoms with Crippen LogP contribution in [0.25, 0.3) is 10.8 Å². The van der Waals surface area contributed by atoms with Crippen LogP contribution in [0.1, 0.15) is 20.7 Å². The lowest BCUT2D eigenvalue weighted by molar-refractivity contribution is 0.0730. The van der Waals surface area contributed by atoms with Gasteiger partial charge in [0.15, 0.2) is 11.5 Å². The van der Waals surface area contributed by atoms with E-state index in [-0.39, 0.29) is 17.1 Å². The van der Waals surface area contributed by atoms with E-state index in [4.69, 9.17) is 21.1 Å². The van der Waals surface area contributed by atoms with Crippen LogP contribution in [0.2, 0.25) is 0 Å². The zero-order valence-corrected chi connectivity index (χ0v) is 15.4. The van der Waals surface area contributed by atoms with Crippen LogP contribution in [-0.2, 0) is 0 Å². The van der Waals surface area contributed by atoms with Gasteiger partial charge in [0.1, 0.15) is 0 Å². The standard InChI is InChI=1S/C19H12BrClO4/c1-24-16-10-12(18(21)22)9-15(20)17(16)25-19(23)14-8-4-6-11-5-2-3-7-13(11)14/h2-10H,1H3. The van der Waals surface area contributed by atoms with Crippen molar-refractivity contribution in [2.24, 2.45) is 0 Å². The summed E-state index contributed by atoms with van der Waals surface area (Å²) in [6.45, 7) is 0. The van der Waals surface area contributed by atoms with Crippen LogP contribution in [0.3, 0.4) is 0 Å². The largest absolute Gasteiger partial charge is 0.493 e. The number of hydrogen-bond acceptors (Lipinski definition) is 4. The summed E-state index contributed by atoms with van der Waals surface area (Å²) in [5.41, 5.74) is 0.667. The second-order valence-corrected chi connectivity index (χ2v) is 6.38. The Hall–Kier alpha value is -2.37. The van der Waals surface area contributed by atoms with Gasteiger partial charge in [-0.05, 0) is 56.5 Å². The number of ether oxygens (including phenoxy) is 2. The summed E-state index contributed by atoms with van der Waals surface area (Å²) in [4.78, 5) is 24.0. The molecule has 0 amide bonds. The van der Waals surface area contributed by atoms with Crippen molar-refractivity contribution in [3.05, 3.63) is 70.2 Å². The lowest BCUT2D eigenvalue weighted by Gasteiger charge is -2.13. The molecule has 0 radical (unpaired) electrons. The molecule has 3 aromatic rings. The van der Waals surface area contributed by atoms with E-state index < -0.39 is 11.2 Å². The second kappa shape index (κ2) is 7.25. The Morgan fingerprint density at radius 1 is 1.04 bits per heavy atom. The molecule has 0 atom stereocenters. The lowest BCUT2D eigenvalue weighted by Crippen LogP contribution is -2.10. The molecule has 0 fully saturated rings. The summed E-state index contributed by atoms with van der Waals surface area (Å²) >= 11 is 8.79. The van der Waals surface area contributed by atoms with Gasteiger partial charge in [0, 0.05) is 5.56 Å². The maximum Gasteiger partial charge on any atom is 0.344 e. The van der Waals surface area contributed by atoms with Crippen LogP contribution in [-0.4, -0.2) is 18.3 Å². The van der Waals surface area contributed by atoms with Crippen molar-refractivity contribution in [3.8, 4) is 11.5 Å². The molecule has 0 aliphatic carbocycles. The number of hydrogen-bond donors (Lipinski definition) is 0. The van der Waals surface area contributed by atoms with Crippen molar-refractivity contribution in [1.82, 2.24) is 0 Å². The van der Waals surface area contributed by atoms with Crippen LogP contribution in [0.5, 0.6) is 11.5 Å². The molecular formula is C19H12BrClO4. The van der Waals surface area contributed by atoms with E-state index in [2.05, 4.69) is 15.9 Å². The highest BCUT2D eigenvalue weighted by Crippen LogP contribution is 2.38. The lowest BCUT2D eigenvalue weighted by atomic mass is 10.0. The average Bonchev–Trinajstić information content (AvgIpc) is 2.62. The molecule has 0 bridgehead atoms. The third-order valence-electron chi connectivity index (χ3n) is 3.66. The Bertz CT molecular complexity index is 979. The molecule has 0 unspecified atom stereocenters. The minimum atomic E-state index is -0.633. The van der Waals surface area contributed by atoms with Crippen molar-refractivity contribution in [3.63, 3.8) is 0 Å². The van der Waals surface area contributed by atoms with Crippen molar-refractivity contribution >= 4 is 49.5 Å². The Labute approximate surface area is 157 Å². The maximum absolute atomic E-state index is 12.7. The maximum atomic E-state index is 12.7. The van der Waals surface area contributed by atoms with Crippen LogP contribution in [0, 0.1) is 0 Å². The molecule has 0 aromatic heterocycles. The van der Waals surface area contributed by atoms with Crippen LogP contribution < -0.4 is 9.47 Å². The molecule has 4 nitrogen and oxygen atoms in total. The van der Waals surface area contributed by atoms with E-state index >= 15 is 0 Å². The zero-order valence-electron chi connectivity index (χ0n) is 13.1. The molecule has 25 heavy (non-hydrogen) atoms. The quantitative estimate of drug-likeness (QED) is 0.331. The summed E-state index contributed by atoms with van der Waals surface area (Å²) in [6.07, 6.45) is 0. The number of halogens is 2. The van der Waals surface area contributed by atoms with Gasteiger partial charge in [0.25, 0.3) is 5.24 Å². The zero-order chi connectivity index (χ0) is 18.0. The van der Waals surface area contributed by atoms with E-state index in [9.17, 15) is 9.59 Å². The summed E-state index contributed by atoms with van der Waals surface area (Å²) in [5.74, 6) is -0.116. The molecule has 6 heteroatoms. The van der Waals surface area contributed by atoms with E-state index in [1.807, 2.05) is 30.3 Å². The minimum absolute atomic E-state index is 0.183. The number of rotatable bonds is 4. The molecule has 0 saturated heterocycles. The molecular weight excluding hydrogens is 408 g/mol. The van der Waals surface area contributed by atoms with Gasteiger partial charge >= 0.3 is 5.97 Å². The molecule has 3 aromatic carbocycles. The van der Waals surface area contributed by atoms with E-state index in [1.54, 1.807) is 12.1 Å². The molecule has 0 aliphatic heterocycles. The van der Waals surface area contributed by atoms with Crippen molar-refractivity contribution in [2.75, 3.05) is 7.11 Å².